The average molecular weight is 201 g/mol. The summed E-state index contributed by atoms with van der Waals surface area (Å²) in [4.78, 5) is 10.9. The van der Waals surface area contributed by atoms with Crippen molar-refractivity contribution in [1.29, 1.82) is 0 Å². The first-order chi connectivity index (χ1) is 6.77. The molecule has 14 heavy (non-hydrogen) atoms. The van der Waals surface area contributed by atoms with E-state index in [1.807, 2.05) is 13.8 Å². The first-order valence-electron chi connectivity index (χ1n) is 4.51. The Hall–Kier alpha value is -1.36. The summed E-state index contributed by atoms with van der Waals surface area (Å²) in [5, 5.41) is 12.0. The number of hydrogen-bond donors (Lipinski definition) is 1. The van der Waals surface area contributed by atoms with Crippen LogP contribution in [-0.4, -0.2) is 22.8 Å². The molecule has 1 N–H and O–H groups in total. The molecule has 0 radical (unpaired) electrons. The molecule has 1 heterocycles. The molecule has 0 fully saturated rings. The third-order valence-corrected chi connectivity index (χ3v) is 1.20. The van der Waals surface area contributed by atoms with Gasteiger partial charge in [0.25, 0.3) is 0 Å². The zero-order valence-corrected chi connectivity index (χ0v) is 8.61. The van der Waals surface area contributed by atoms with Gasteiger partial charge in [0.05, 0.1) is 6.61 Å². The lowest BCUT2D eigenvalue weighted by Gasteiger charge is -1.94. The van der Waals surface area contributed by atoms with E-state index >= 15 is 0 Å². The maximum absolute atomic E-state index is 10.9. The molecule has 1 rings (SSSR count). The molecule has 5 nitrogen and oxygen atoms in total. The highest BCUT2D eigenvalue weighted by atomic mass is 16.5. The minimum absolute atomic E-state index is 0.0842. The van der Waals surface area contributed by atoms with Gasteiger partial charge in [-0.1, -0.05) is 19.0 Å². The lowest BCUT2D eigenvalue weighted by Crippen LogP contribution is -2.04. The van der Waals surface area contributed by atoms with Gasteiger partial charge in [0.15, 0.2) is 11.5 Å². The topological polar surface area (TPSA) is 72.6 Å². The largest absolute Gasteiger partial charge is 0.461 e. The summed E-state index contributed by atoms with van der Waals surface area (Å²) in [7, 11) is 0. The smallest absolute Gasteiger partial charge is 0.360 e. The van der Waals surface area contributed by atoms with Crippen LogP contribution >= 0.6 is 0 Å². The average Bonchev–Trinajstić information content (AvgIpc) is 2.69. The zero-order chi connectivity index (χ0) is 11.0. The number of aromatic nitrogens is 1. The molecule has 1 aromatic heterocycles. The fourth-order valence-electron chi connectivity index (χ4n) is 0.689. The van der Waals surface area contributed by atoms with Crippen LogP contribution in [0.5, 0.6) is 0 Å². The van der Waals surface area contributed by atoms with Crippen molar-refractivity contribution in [3.63, 3.8) is 0 Å². The quantitative estimate of drug-likeness (QED) is 0.748. The van der Waals surface area contributed by atoms with Crippen molar-refractivity contribution in [1.82, 2.24) is 5.16 Å². The summed E-state index contributed by atoms with van der Waals surface area (Å²) in [6.07, 6.45) is 0. The van der Waals surface area contributed by atoms with E-state index in [-0.39, 0.29) is 18.1 Å². The maximum atomic E-state index is 10.9. The Balaban J connectivity index is 0.000000791. The van der Waals surface area contributed by atoms with Crippen LogP contribution in [0.2, 0.25) is 0 Å². The summed E-state index contributed by atoms with van der Waals surface area (Å²) in [6.45, 7) is 5.72. The van der Waals surface area contributed by atoms with E-state index in [1.165, 1.54) is 6.07 Å². The van der Waals surface area contributed by atoms with Crippen molar-refractivity contribution in [3.05, 3.63) is 17.5 Å². The molecule has 0 atom stereocenters. The maximum Gasteiger partial charge on any atom is 0.360 e. The third-order valence-electron chi connectivity index (χ3n) is 1.20. The van der Waals surface area contributed by atoms with E-state index in [2.05, 4.69) is 14.4 Å². The zero-order valence-electron chi connectivity index (χ0n) is 8.61. The normalized spacial score (nSPS) is 8.86. The van der Waals surface area contributed by atoms with Crippen molar-refractivity contribution >= 4 is 5.97 Å². The van der Waals surface area contributed by atoms with Crippen LogP contribution in [0, 0.1) is 0 Å². The Labute approximate surface area is 82.7 Å². The van der Waals surface area contributed by atoms with Crippen molar-refractivity contribution in [2.24, 2.45) is 0 Å². The Kier molecular flexibility index (Phi) is 6.39. The van der Waals surface area contributed by atoms with E-state index in [4.69, 9.17) is 5.11 Å². The summed E-state index contributed by atoms with van der Waals surface area (Å²) in [6, 6.07) is 1.35. The van der Waals surface area contributed by atoms with Crippen LogP contribution in [0.3, 0.4) is 0 Å². The standard InChI is InChI=1S/C7H9NO4.C2H6/c1-2-11-7(10)6-3-5(4-9)12-8-6;1-2/h3,9H,2,4H2,1H3;1-2H3. The number of ether oxygens (including phenoxy) is 1. The molecule has 0 amide bonds. The Morgan fingerprint density at radius 2 is 2.29 bits per heavy atom. The molecule has 80 valence electrons. The van der Waals surface area contributed by atoms with Crippen molar-refractivity contribution in [2.75, 3.05) is 6.61 Å². The van der Waals surface area contributed by atoms with Gasteiger partial charge in [0, 0.05) is 6.07 Å². The molecular weight excluding hydrogens is 186 g/mol. The second-order valence-electron chi connectivity index (χ2n) is 2.06. The Morgan fingerprint density at radius 3 is 2.71 bits per heavy atom. The number of nitrogens with zero attached hydrogens (tertiary/aromatic N) is 1. The van der Waals surface area contributed by atoms with Gasteiger partial charge >= 0.3 is 5.97 Å². The Morgan fingerprint density at radius 1 is 1.64 bits per heavy atom. The number of hydrogen-bond acceptors (Lipinski definition) is 5. The molecule has 0 aromatic carbocycles. The number of aliphatic hydroxyl groups is 1. The van der Waals surface area contributed by atoms with E-state index in [1.54, 1.807) is 6.92 Å². The molecule has 0 spiro atoms. The minimum atomic E-state index is -0.541. The van der Waals surface area contributed by atoms with Crippen LogP contribution in [0.25, 0.3) is 0 Å². The highest BCUT2D eigenvalue weighted by Gasteiger charge is 2.12. The second-order valence-corrected chi connectivity index (χ2v) is 2.06. The summed E-state index contributed by atoms with van der Waals surface area (Å²) >= 11 is 0. The molecular formula is C9H15NO4. The summed E-state index contributed by atoms with van der Waals surface area (Å²) in [5.74, 6) is -0.293. The molecule has 0 bridgehead atoms. The minimum Gasteiger partial charge on any atom is -0.461 e. The SMILES string of the molecule is CC.CCOC(=O)c1cc(CO)on1. The van der Waals surface area contributed by atoms with Gasteiger partial charge in [-0.05, 0) is 6.92 Å². The van der Waals surface area contributed by atoms with Crippen molar-refractivity contribution in [3.8, 4) is 0 Å². The first-order valence-corrected chi connectivity index (χ1v) is 4.51. The first kappa shape index (κ1) is 12.6. The van der Waals surface area contributed by atoms with Gasteiger partial charge in [-0.25, -0.2) is 4.79 Å². The van der Waals surface area contributed by atoms with Crippen molar-refractivity contribution < 1.29 is 19.2 Å². The molecule has 0 aliphatic heterocycles. The van der Waals surface area contributed by atoms with Crippen molar-refractivity contribution in [2.45, 2.75) is 27.4 Å². The van der Waals surface area contributed by atoms with Crippen LogP contribution in [0.15, 0.2) is 10.6 Å². The fraction of sp³-hybridized carbons (Fsp3) is 0.556. The van der Waals surface area contributed by atoms with Gasteiger partial charge in [-0.3, -0.25) is 0 Å². The predicted molar refractivity (Wildman–Crippen MR) is 49.7 cm³/mol. The number of carbonyl (C=O) groups excluding carboxylic acids is 1. The number of esters is 1. The van der Waals surface area contributed by atoms with Gasteiger partial charge < -0.3 is 14.4 Å². The van der Waals surface area contributed by atoms with E-state index < -0.39 is 5.97 Å². The fourth-order valence-corrected chi connectivity index (χ4v) is 0.689. The van der Waals surface area contributed by atoms with E-state index in [9.17, 15) is 4.79 Å². The van der Waals surface area contributed by atoms with Gasteiger partial charge in [0.2, 0.25) is 0 Å². The van der Waals surface area contributed by atoms with Crippen LogP contribution in [0.4, 0.5) is 0 Å². The lowest BCUT2D eigenvalue weighted by atomic mass is 10.4. The second kappa shape index (κ2) is 7.08. The lowest BCUT2D eigenvalue weighted by molar-refractivity contribution is 0.0514. The highest BCUT2D eigenvalue weighted by Crippen LogP contribution is 2.04. The third kappa shape index (κ3) is 3.57. The molecule has 5 heteroatoms. The van der Waals surface area contributed by atoms with E-state index in [0.29, 0.717) is 6.61 Å². The molecule has 0 saturated heterocycles. The molecule has 1 aromatic rings. The molecule has 0 unspecified atom stereocenters. The monoisotopic (exact) mass is 201 g/mol. The summed E-state index contributed by atoms with van der Waals surface area (Å²) in [5.41, 5.74) is 0.0842. The number of rotatable bonds is 3. The molecule has 0 saturated carbocycles. The molecule has 0 aliphatic rings. The number of carbonyl (C=O) groups is 1. The van der Waals surface area contributed by atoms with Crippen LogP contribution in [0.1, 0.15) is 37.0 Å². The van der Waals surface area contributed by atoms with Gasteiger partial charge in [0.1, 0.15) is 6.61 Å². The Bertz CT molecular complexity index is 270. The predicted octanol–water partition coefficient (Wildman–Crippen LogP) is 1.37. The highest BCUT2D eigenvalue weighted by molar-refractivity contribution is 5.87. The van der Waals surface area contributed by atoms with Gasteiger partial charge in [-0.2, -0.15) is 0 Å². The number of aliphatic hydroxyl groups excluding tert-OH is 1. The van der Waals surface area contributed by atoms with Gasteiger partial charge in [-0.15, -0.1) is 0 Å². The summed E-state index contributed by atoms with van der Waals surface area (Å²) < 4.78 is 9.22. The van der Waals surface area contributed by atoms with Crippen LogP contribution in [-0.2, 0) is 11.3 Å². The molecule has 0 aliphatic carbocycles. The van der Waals surface area contributed by atoms with Crippen LogP contribution < -0.4 is 0 Å². The van der Waals surface area contributed by atoms with E-state index in [0.717, 1.165) is 0 Å².